The normalized spacial score (nSPS) is 15.4. The minimum absolute atomic E-state index is 0.271. The molecule has 2 N–H and O–H groups in total. The van der Waals surface area contributed by atoms with Crippen LogP contribution in [0.5, 0.6) is 0 Å². The van der Waals surface area contributed by atoms with Crippen LogP contribution < -0.4 is 5.32 Å². The first-order valence-electron chi connectivity index (χ1n) is 9.53. The van der Waals surface area contributed by atoms with Gasteiger partial charge in [-0.1, -0.05) is 19.3 Å². The molecule has 0 radical (unpaired) electrons. The van der Waals surface area contributed by atoms with E-state index in [-0.39, 0.29) is 12.3 Å². The van der Waals surface area contributed by atoms with Gasteiger partial charge in [0.15, 0.2) is 0 Å². The highest BCUT2D eigenvalue weighted by atomic mass is 16.5. The summed E-state index contributed by atoms with van der Waals surface area (Å²) < 4.78 is 4.86. The van der Waals surface area contributed by atoms with Crippen LogP contribution in [0.4, 0.5) is 5.69 Å². The van der Waals surface area contributed by atoms with E-state index in [9.17, 15) is 9.59 Å². The molecule has 7 nitrogen and oxygen atoms in total. The van der Waals surface area contributed by atoms with Crippen LogP contribution in [0.2, 0.25) is 0 Å². The van der Waals surface area contributed by atoms with Crippen LogP contribution in [0, 0.1) is 6.57 Å². The number of aromatic amines is 1. The zero-order chi connectivity index (χ0) is 19.9. The van der Waals surface area contributed by atoms with Gasteiger partial charge in [0.25, 0.3) is 12.5 Å². The number of nitrogens with zero attached hydrogens (tertiary/aromatic N) is 2. The fraction of sp³-hybridized carbons (Fsp3) is 0.429. The number of esters is 1. The van der Waals surface area contributed by atoms with Crippen LogP contribution in [0.15, 0.2) is 30.7 Å². The lowest BCUT2D eigenvalue weighted by molar-refractivity contribution is -0.142. The van der Waals surface area contributed by atoms with Gasteiger partial charge >= 0.3 is 11.7 Å². The van der Waals surface area contributed by atoms with Crippen LogP contribution in [0.1, 0.15) is 59.6 Å². The van der Waals surface area contributed by atoms with Gasteiger partial charge in [-0.3, -0.25) is 4.79 Å². The van der Waals surface area contributed by atoms with Gasteiger partial charge in [-0.15, -0.1) is 0 Å². The molecule has 1 heterocycles. The molecule has 0 saturated heterocycles. The van der Waals surface area contributed by atoms with E-state index in [4.69, 9.17) is 11.3 Å². The number of carbonyl (C=O) groups excluding carboxylic acids is 2. The molecule has 3 rings (SSSR count). The minimum Gasteiger partial charge on any atom is -0.467 e. The maximum Gasteiger partial charge on any atom is 0.340 e. The van der Waals surface area contributed by atoms with Crippen LogP contribution in [-0.4, -0.2) is 35.0 Å². The van der Waals surface area contributed by atoms with Gasteiger partial charge in [0.1, 0.15) is 6.04 Å². The first-order valence-corrected chi connectivity index (χ1v) is 9.53. The van der Waals surface area contributed by atoms with Gasteiger partial charge in [0.2, 0.25) is 0 Å². The number of imidazole rings is 1. The van der Waals surface area contributed by atoms with E-state index in [0.717, 1.165) is 36.9 Å². The van der Waals surface area contributed by atoms with Crippen LogP contribution in [-0.2, 0) is 16.0 Å². The first kappa shape index (κ1) is 19.6. The number of H-pyrrole nitrogens is 1. The van der Waals surface area contributed by atoms with E-state index in [0.29, 0.717) is 17.2 Å². The molecule has 146 valence electrons. The summed E-state index contributed by atoms with van der Waals surface area (Å²) in [5.41, 5.74) is 2.87. The minimum atomic E-state index is -0.809. The topological polar surface area (TPSA) is 88.4 Å². The van der Waals surface area contributed by atoms with E-state index in [2.05, 4.69) is 20.1 Å². The number of hydrogen-bond acceptors (Lipinski definition) is 4. The number of hydrogen-bond donors (Lipinski definition) is 2. The molecule has 1 aromatic carbocycles. The summed E-state index contributed by atoms with van der Waals surface area (Å²) in [6.07, 6.45) is 8.97. The molecule has 0 bridgehead atoms. The van der Waals surface area contributed by atoms with Crippen molar-refractivity contribution in [1.82, 2.24) is 15.3 Å². The highest BCUT2D eigenvalue weighted by molar-refractivity contribution is 5.98. The summed E-state index contributed by atoms with van der Waals surface area (Å²) in [6, 6.07) is 4.52. The molecule has 1 aromatic heterocycles. The third kappa shape index (κ3) is 4.58. The number of aromatic nitrogens is 2. The molecule has 1 aliphatic carbocycles. The van der Waals surface area contributed by atoms with Crippen molar-refractivity contribution in [3.63, 3.8) is 0 Å². The van der Waals surface area contributed by atoms with Gasteiger partial charge in [-0.2, -0.15) is 0 Å². The van der Waals surface area contributed by atoms with Gasteiger partial charge in [0.05, 0.1) is 13.4 Å². The molecule has 1 aliphatic rings. The molecular weight excluding hydrogens is 356 g/mol. The van der Waals surface area contributed by atoms with Crippen molar-refractivity contribution >= 4 is 17.6 Å². The molecule has 1 atom stereocenters. The maximum absolute atomic E-state index is 13.1. The Labute approximate surface area is 164 Å². The van der Waals surface area contributed by atoms with E-state index >= 15 is 0 Å². The number of nitrogens with one attached hydrogen (secondary N) is 2. The molecule has 0 unspecified atom stereocenters. The molecule has 1 fully saturated rings. The zero-order valence-electron chi connectivity index (χ0n) is 16.0. The standard InChI is InChI=1S/C21H24N4O3/c1-22-15-8-9-17(18(10-15)14-6-4-3-5-7-14)20(26)25-19(21(27)28-2)11-16-12-23-13-24-16/h1,8-10,12-14,19H,3-7,11H2,2H3,(H-,23,24,25,26)/p+1/t19-/m1/s1. The van der Waals surface area contributed by atoms with Crippen LogP contribution in [0.3, 0.4) is 0 Å². The summed E-state index contributed by atoms with van der Waals surface area (Å²) in [6.45, 7) is 5.44. The smallest absolute Gasteiger partial charge is 0.340 e. The number of carbonyl (C=O) groups is 2. The van der Waals surface area contributed by atoms with Crippen molar-refractivity contribution in [2.24, 2.45) is 0 Å². The van der Waals surface area contributed by atoms with Gasteiger partial charge in [0, 0.05) is 36.0 Å². The highest BCUT2D eigenvalue weighted by Crippen LogP contribution is 2.36. The summed E-state index contributed by atoms with van der Waals surface area (Å²) in [7, 11) is 1.31. The van der Waals surface area contributed by atoms with Crippen LogP contribution >= 0.6 is 0 Å². The average Bonchev–Trinajstić information content (AvgIpc) is 3.26. The lowest BCUT2D eigenvalue weighted by Crippen LogP contribution is -2.43. The Morgan fingerprint density at radius 2 is 2.14 bits per heavy atom. The Hall–Kier alpha value is -3.14. The fourth-order valence-corrected chi connectivity index (χ4v) is 3.78. The Kier molecular flexibility index (Phi) is 6.43. The molecule has 0 aliphatic heterocycles. The van der Waals surface area contributed by atoms with Crippen molar-refractivity contribution in [3.8, 4) is 6.57 Å². The second-order valence-electron chi connectivity index (χ2n) is 7.07. The number of ether oxygens (including phenoxy) is 1. The van der Waals surface area contributed by atoms with E-state index in [1.807, 2.05) is 6.07 Å². The fourth-order valence-electron chi connectivity index (χ4n) is 3.78. The van der Waals surface area contributed by atoms with Crippen molar-refractivity contribution in [1.29, 1.82) is 0 Å². The molecule has 1 saturated carbocycles. The van der Waals surface area contributed by atoms with E-state index < -0.39 is 12.0 Å². The summed E-state index contributed by atoms with van der Waals surface area (Å²) in [5.74, 6) is -0.518. The van der Waals surface area contributed by atoms with E-state index in [1.165, 1.54) is 19.9 Å². The summed E-state index contributed by atoms with van der Waals surface area (Å²) >= 11 is 0. The van der Waals surface area contributed by atoms with Gasteiger partial charge in [-0.05, 0) is 35.2 Å². The lowest BCUT2D eigenvalue weighted by Gasteiger charge is -2.24. The second-order valence-corrected chi connectivity index (χ2v) is 7.07. The number of amides is 1. The Morgan fingerprint density at radius 3 is 2.79 bits per heavy atom. The molecule has 28 heavy (non-hydrogen) atoms. The monoisotopic (exact) mass is 381 g/mol. The van der Waals surface area contributed by atoms with Crippen molar-refractivity contribution in [2.45, 2.75) is 50.5 Å². The maximum atomic E-state index is 13.1. The Balaban J connectivity index is 1.85. The molecular formula is C21H25N4O3+. The zero-order valence-corrected chi connectivity index (χ0v) is 16.0. The van der Waals surface area contributed by atoms with Crippen molar-refractivity contribution in [2.75, 3.05) is 7.11 Å². The van der Waals surface area contributed by atoms with E-state index in [1.54, 1.807) is 18.3 Å². The lowest BCUT2D eigenvalue weighted by atomic mass is 9.81. The summed E-state index contributed by atoms with van der Waals surface area (Å²) in [4.78, 5) is 35.9. The van der Waals surface area contributed by atoms with Crippen molar-refractivity contribution in [3.05, 3.63) is 52.4 Å². The molecule has 1 amide bonds. The molecule has 2 aromatic rings. The van der Waals surface area contributed by atoms with Crippen LogP contribution in [0.25, 0.3) is 4.85 Å². The largest absolute Gasteiger partial charge is 0.467 e. The summed E-state index contributed by atoms with van der Waals surface area (Å²) in [5, 5.41) is 2.82. The third-order valence-corrected chi connectivity index (χ3v) is 5.24. The average molecular weight is 381 g/mol. The van der Waals surface area contributed by atoms with Gasteiger partial charge < -0.3 is 15.0 Å². The predicted octanol–water partition coefficient (Wildman–Crippen LogP) is 3.57. The quantitative estimate of drug-likeness (QED) is 0.749. The third-order valence-electron chi connectivity index (χ3n) is 5.24. The first-order chi connectivity index (χ1) is 13.6. The number of benzene rings is 1. The Morgan fingerprint density at radius 1 is 1.36 bits per heavy atom. The number of rotatable bonds is 6. The Bertz CT molecular complexity index is 864. The highest BCUT2D eigenvalue weighted by Gasteiger charge is 2.27. The van der Waals surface area contributed by atoms with Crippen molar-refractivity contribution < 1.29 is 14.3 Å². The number of methoxy groups -OCH3 is 1. The molecule has 7 heteroatoms. The SMILES string of the molecule is C#[N+]c1ccc(C(=O)N[C@H](Cc2cnc[nH]2)C(=O)OC)c(C2CCCCC2)c1. The van der Waals surface area contributed by atoms with Gasteiger partial charge in [-0.25, -0.2) is 9.78 Å². The second kappa shape index (κ2) is 9.18. The molecule has 0 spiro atoms. The predicted molar refractivity (Wildman–Crippen MR) is 106 cm³/mol.